The third kappa shape index (κ3) is 2.93. The predicted molar refractivity (Wildman–Crippen MR) is 67.8 cm³/mol. The molecule has 2 atom stereocenters. The van der Waals surface area contributed by atoms with Gasteiger partial charge in [-0.15, -0.1) is 0 Å². The highest BCUT2D eigenvalue weighted by Crippen LogP contribution is 2.36. The fourth-order valence-corrected chi connectivity index (χ4v) is 2.76. The van der Waals surface area contributed by atoms with E-state index in [9.17, 15) is 23.4 Å². The van der Waals surface area contributed by atoms with Crippen LogP contribution in [-0.2, 0) is 0 Å². The second kappa shape index (κ2) is 5.65. The number of piperidine rings is 1. The van der Waals surface area contributed by atoms with Crippen LogP contribution in [0.25, 0.3) is 0 Å². The molecule has 0 amide bonds. The zero-order chi connectivity index (χ0) is 14.9. The molecule has 114 valence electrons. The van der Waals surface area contributed by atoms with Crippen molar-refractivity contribution in [2.45, 2.75) is 37.6 Å². The lowest BCUT2D eigenvalue weighted by Gasteiger charge is -2.40. The summed E-state index contributed by atoms with van der Waals surface area (Å²) in [6.45, 7) is 0.684. The van der Waals surface area contributed by atoms with Gasteiger partial charge in [0.25, 0.3) is 0 Å². The number of alkyl halides is 3. The minimum atomic E-state index is -4.50. The lowest BCUT2D eigenvalue weighted by atomic mass is 10.0. The normalized spacial score (nSPS) is 27.1. The average Bonchev–Trinajstić information content (AvgIpc) is 2.39. The van der Waals surface area contributed by atoms with E-state index in [1.807, 2.05) is 0 Å². The minimum absolute atomic E-state index is 0.283. The Morgan fingerprint density at radius 2 is 1.85 bits per heavy atom. The standard InChI is InChI=1S/C13H19F3N2O2/c1-17-8-5-9(19)11(20)10(17)12(13(14,15)16)18-6-3-2-4-7-18/h5,8-9,12,19-20H,2-4,6-7H2,1H3. The summed E-state index contributed by atoms with van der Waals surface area (Å²) in [7, 11) is 1.44. The molecule has 0 aromatic carbocycles. The summed E-state index contributed by atoms with van der Waals surface area (Å²) < 4.78 is 40.3. The molecule has 2 aliphatic heterocycles. The molecule has 2 heterocycles. The van der Waals surface area contributed by atoms with E-state index in [4.69, 9.17) is 0 Å². The summed E-state index contributed by atoms with van der Waals surface area (Å²) in [6.07, 6.45) is -0.934. The molecule has 2 N–H and O–H groups in total. The number of likely N-dealkylation sites (N-methyl/N-ethyl adjacent to an activating group) is 1. The van der Waals surface area contributed by atoms with E-state index in [0.717, 1.165) is 6.42 Å². The van der Waals surface area contributed by atoms with Crippen LogP contribution in [0.4, 0.5) is 13.2 Å². The first kappa shape index (κ1) is 15.2. The van der Waals surface area contributed by atoms with Crippen LogP contribution in [0.5, 0.6) is 0 Å². The van der Waals surface area contributed by atoms with E-state index in [0.29, 0.717) is 25.9 Å². The minimum Gasteiger partial charge on any atom is -0.507 e. The van der Waals surface area contributed by atoms with Crippen LogP contribution in [0.15, 0.2) is 23.7 Å². The quantitative estimate of drug-likeness (QED) is 0.817. The number of nitrogens with zero attached hydrogens (tertiary/aromatic N) is 2. The van der Waals surface area contributed by atoms with Gasteiger partial charge in [-0.1, -0.05) is 6.42 Å². The molecule has 2 aliphatic rings. The Bertz CT molecular complexity index is 414. The Morgan fingerprint density at radius 1 is 1.25 bits per heavy atom. The lowest BCUT2D eigenvalue weighted by Crippen LogP contribution is -2.52. The van der Waals surface area contributed by atoms with Crippen molar-refractivity contribution in [1.29, 1.82) is 0 Å². The summed E-state index contributed by atoms with van der Waals surface area (Å²) in [6, 6.07) is -1.88. The van der Waals surface area contributed by atoms with Gasteiger partial charge in [-0.3, -0.25) is 4.90 Å². The maximum absolute atomic E-state index is 13.4. The van der Waals surface area contributed by atoms with Crippen LogP contribution in [0, 0.1) is 0 Å². The van der Waals surface area contributed by atoms with E-state index in [1.54, 1.807) is 0 Å². The number of likely N-dealkylation sites (tertiary alicyclic amines) is 1. The molecule has 0 spiro atoms. The van der Waals surface area contributed by atoms with Gasteiger partial charge in [0.2, 0.25) is 0 Å². The zero-order valence-electron chi connectivity index (χ0n) is 11.3. The second-order valence-electron chi connectivity index (χ2n) is 5.21. The van der Waals surface area contributed by atoms with Gasteiger partial charge in [0.15, 0.2) is 6.04 Å². The summed E-state index contributed by atoms with van der Waals surface area (Å²) in [5, 5.41) is 19.5. The van der Waals surface area contributed by atoms with Crippen molar-refractivity contribution in [3.63, 3.8) is 0 Å². The highest BCUT2D eigenvalue weighted by Gasteiger charge is 2.49. The third-order valence-corrected chi connectivity index (χ3v) is 3.74. The number of rotatable bonds is 2. The SMILES string of the molecule is CN1C=CC(O)C(O)=C1C(N1CCCCC1)C(F)(F)F. The number of hydrogen-bond acceptors (Lipinski definition) is 4. The van der Waals surface area contributed by atoms with E-state index >= 15 is 0 Å². The molecular formula is C13H19F3N2O2. The first-order valence-corrected chi connectivity index (χ1v) is 6.65. The van der Waals surface area contributed by atoms with Crippen molar-refractivity contribution in [1.82, 2.24) is 9.80 Å². The molecule has 0 aromatic rings. The van der Waals surface area contributed by atoms with Gasteiger partial charge in [0.05, 0.1) is 5.70 Å². The Balaban J connectivity index is 2.38. The third-order valence-electron chi connectivity index (χ3n) is 3.74. The Kier molecular flexibility index (Phi) is 4.29. The fourth-order valence-electron chi connectivity index (χ4n) is 2.76. The molecule has 0 aliphatic carbocycles. The summed E-state index contributed by atoms with van der Waals surface area (Å²) in [4.78, 5) is 2.56. The van der Waals surface area contributed by atoms with Crippen LogP contribution in [-0.4, -0.2) is 58.5 Å². The Labute approximate surface area is 115 Å². The summed E-state index contributed by atoms with van der Waals surface area (Å²) in [5.74, 6) is -0.622. The zero-order valence-corrected chi connectivity index (χ0v) is 11.3. The van der Waals surface area contributed by atoms with Crippen LogP contribution in [0.1, 0.15) is 19.3 Å². The van der Waals surface area contributed by atoms with Gasteiger partial charge >= 0.3 is 6.18 Å². The monoisotopic (exact) mass is 292 g/mol. The molecular weight excluding hydrogens is 273 g/mol. The first-order valence-electron chi connectivity index (χ1n) is 6.65. The molecule has 20 heavy (non-hydrogen) atoms. The molecule has 7 heteroatoms. The van der Waals surface area contributed by atoms with E-state index < -0.39 is 24.1 Å². The lowest BCUT2D eigenvalue weighted by molar-refractivity contribution is -0.180. The van der Waals surface area contributed by atoms with E-state index in [2.05, 4.69) is 0 Å². The molecule has 0 aromatic heterocycles. The number of aliphatic hydroxyl groups is 2. The molecule has 0 radical (unpaired) electrons. The van der Waals surface area contributed by atoms with Gasteiger partial charge in [0.1, 0.15) is 11.9 Å². The molecule has 2 unspecified atom stereocenters. The largest absolute Gasteiger partial charge is 0.507 e. The van der Waals surface area contributed by atoms with Crippen LogP contribution < -0.4 is 0 Å². The molecule has 1 saturated heterocycles. The topological polar surface area (TPSA) is 46.9 Å². The van der Waals surface area contributed by atoms with Crippen LogP contribution in [0.2, 0.25) is 0 Å². The summed E-state index contributed by atoms with van der Waals surface area (Å²) in [5.41, 5.74) is -0.283. The molecule has 4 nitrogen and oxygen atoms in total. The number of aliphatic hydroxyl groups excluding tert-OH is 2. The second-order valence-corrected chi connectivity index (χ2v) is 5.21. The predicted octanol–water partition coefficient (Wildman–Crippen LogP) is 1.99. The maximum atomic E-state index is 13.4. The van der Waals surface area contributed by atoms with Gasteiger partial charge < -0.3 is 15.1 Å². The maximum Gasteiger partial charge on any atom is 0.409 e. The highest BCUT2D eigenvalue weighted by molar-refractivity contribution is 5.27. The van der Waals surface area contributed by atoms with Crippen molar-refractivity contribution in [3.8, 4) is 0 Å². The smallest absolute Gasteiger partial charge is 0.409 e. The van der Waals surface area contributed by atoms with Crippen molar-refractivity contribution in [2.75, 3.05) is 20.1 Å². The number of hydrogen-bond donors (Lipinski definition) is 2. The van der Waals surface area contributed by atoms with Crippen molar-refractivity contribution in [2.24, 2.45) is 0 Å². The van der Waals surface area contributed by atoms with Gasteiger partial charge in [-0.25, -0.2) is 0 Å². The highest BCUT2D eigenvalue weighted by atomic mass is 19.4. The van der Waals surface area contributed by atoms with Gasteiger partial charge in [-0.05, 0) is 32.0 Å². The fraction of sp³-hybridized carbons (Fsp3) is 0.692. The van der Waals surface area contributed by atoms with E-state index in [1.165, 1.54) is 29.1 Å². The van der Waals surface area contributed by atoms with Crippen molar-refractivity contribution >= 4 is 0 Å². The summed E-state index contributed by atoms with van der Waals surface area (Å²) >= 11 is 0. The Hall–Kier alpha value is -1.21. The van der Waals surface area contributed by atoms with E-state index in [-0.39, 0.29) is 5.70 Å². The molecule has 0 bridgehead atoms. The number of halogens is 3. The molecule has 0 saturated carbocycles. The van der Waals surface area contributed by atoms with Crippen LogP contribution >= 0.6 is 0 Å². The first-order chi connectivity index (χ1) is 9.32. The van der Waals surface area contributed by atoms with Gasteiger partial charge in [0, 0.05) is 13.2 Å². The van der Waals surface area contributed by atoms with Crippen molar-refractivity contribution in [3.05, 3.63) is 23.7 Å². The van der Waals surface area contributed by atoms with Crippen molar-refractivity contribution < 1.29 is 23.4 Å². The Morgan fingerprint density at radius 3 is 2.40 bits per heavy atom. The van der Waals surface area contributed by atoms with Gasteiger partial charge in [-0.2, -0.15) is 13.2 Å². The van der Waals surface area contributed by atoms with Crippen LogP contribution in [0.3, 0.4) is 0 Å². The molecule has 1 fully saturated rings. The average molecular weight is 292 g/mol. The molecule has 2 rings (SSSR count).